The molecule has 1 aliphatic rings. The van der Waals surface area contributed by atoms with E-state index in [1.54, 1.807) is 0 Å². The van der Waals surface area contributed by atoms with Crippen molar-refractivity contribution in [3.05, 3.63) is 60.2 Å². The molecule has 1 fully saturated rings. The topological polar surface area (TPSA) is 44.4 Å². The molecule has 1 aliphatic heterocycles. The molecule has 1 amide bonds. The van der Waals surface area contributed by atoms with Crippen LogP contribution in [0.4, 0.5) is 11.4 Å². The fraction of sp³-hybridized carbons (Fsp3) is 0.263. The van der Waals surface area contributed by atoms with Gasteiger partial charge in [-0.3, -0.25) is 4.79 Å². The van der Waals surface area contributed by atoms with Crippen LogP contribution in [0.15, 0.2) is 54.6 Å². The molecule has 24 heavy (non-hydrogen) atoms. The number of piperidine rings is 1. The molecule has 0 unspecified atom stereocenters. The van der Waals surface area contributed by atoms with Gasteiger partial charge in [0, 0.05) is 30.0 Å². The largest absolute Gasteiger partial charge is 0.339 e. The molecule has 2 aromatic carbocycles. The molecule has 5 heteroatoms. The lowest BCUT2D eigenvalue weighted by molar-refractivity contribution is 0.0724. The number of nitrogens with one attached hydrogen (secondary N) is 2. The van der Waals surface area contributed by atoms with Gasteiger partial charge in [0.25, 0.3) is 5.91 Å². The number of carbonyl (C=O) groups excluding carboxylic acids is 1. The number of para-hydroxylation sites is 1. The molecule has 3 rings (SSSR count). The van der Waals surface area contributed by atoms with E-state index in [1.165, 1.54) is 6.42 Å². The van der Waals surface area contributed by atoms with Gasteiger partial charge in [-0.2, -0.15) is 0 Å². The molecule has 124 valence electrons. The van der Waals surface area contributed by atoms with Crippen molar-refractivity contribution in [2.45, 2.75) is 19.3 Å². The normalized spacial score (nSPS) is 14.1. The van der Waals surface area contributed by atoms with E-state index in [9.17, 15) is 4.79 Å². The second kappa shape index (κ2) is 7.93. The Bertz CT molecular complexity index is 694. The molecule has 2 aromatic rings. The van der Waals surface area contributed by atoms with Crippen LogP contribution in [0, 0.1) is 0 Å². The van der Waals surface area contributed by atoms with E-state index in [0.717, 1.165) is 42.9 Å². The minimum absolute atomic E-state index is 0.117. The first-order valence-electron chi connectivity index (χ1n) is 8.25. The van der Waals surface area contributed by atoms with Crippen LogP contribution >= 0.6 is 12.2 Å². The Labute approximate surface area is 147 Å². The van der Waals surface area contributed by atoms with E-state index in [-0.39, 0.29) is 5.91 Å². The Morgan fingerprint density at radius 1 is 0.833 bits per heavy atom. The zero-order chi connectivity index (χ0) is 16.8. The van der Waals surface area contributed by atoms with Crippen molar-refractivity contribution in [1.82, 2.24) is 4.90 Å². The number of carbonyl (C=O) groups is 1. The van der Waals surface area contributed by atoms with Gasteiger partial charge >= 0.3 is 0 Å². The van der Waals surface area contributed by atoms with E-state index in [4.69, 9.17) is 12.2 Å². The third-order valence-electron chi connectivity index (χ3n) is 4.06. The van der Waals surface area contributed by atoms with Crippen LogP contribution in [0.1, 0.15) is 29.6 Å². The van der Waals surface area contributed by atoms with E-state index in [2.05, 4.69) is 10.6 Å². The summed E-state index contributed by atoms with van der Waals surface area (Å²) in [7, 11) is 0. The summed E-state index contributed by atoms with van der Waals surface area (Å²) < 4.78 is 0. The minimum atomic E-state index is 0.117. The van der Waals surface area contributed by atoms with Gasteiger partial charge in [-0.15, -0.1) is 0 Å². The van der Waals surface area contributed by atoms with Crippen LogP contribution in [0.25, 0.3) is 0 Å². The number of benzene rings is 2. The fourth-order valence-electron chi connectivity index (χ4n) is 2.79. The molecule has 1 heterocycles. The van der Waals surface area contributed by atoms with Crippen molar-refractivity contribution in [3.8, 4) is 0 Å². The number of nitrogens with zero attached hydrogens (tertiary/aromatic N) is 1. The van der Waals surface area contributed by atoms with Gasteiger partial charge in [0.05, 0.1) is 0 Å². The molecule has 4 nitrogen and oxygen atoms in total. The number of likely N-dealkylation sites (tertiary alicyclic amines) is 1. The number of rotatable bonds is 3. The van der Waals surface area contributed by atoms with E-state index in [1.807, 2.05) is 59.5 Å². The molecule has 0 radical (unpaired) electrons. The standard InChI is InChI=1S/C19H21N3OS/c23-18(22-13-5-2-6-14-22)15-9-11-17(12-10-15)21-19(24)20-16-7-3-1-4-8-16/h1,3-4,7-12H,2,5-6,13-14H2,(H2,20,21,24). The highest BCUT2D eigenvalue weighted by Crippen LogP contribution is 2.16. The predicted molar refractivity (Wildman–Crippen MR) is 102 cm³/mol. The predicted octanol–water partition coefficient (Wildman–Crippen LogP) is 4.12. The monoisotopic (exact) mass is 339 g/mol. The number of anilines is 2. The molecule has 0 spiro atoms. The summed E-state index contributed by atoms with van der Waals surface area (Å²) in [5.41, 5.74) is 2.52. The summed E-state index contributed by atoms with van der Waals surface area (Å²) in [4.78, 5) is 14.4. The van der Waals surface area contributed by atoms with Crippen LogP contribution in [-0.2, 0) is 0 Å². The summed E-state index contributed by atoms with van der Waals surface area (Å²) in [5, 5.41) is 6.78. The van der Waals surface area contributed by atoms with Gasteiger partial charge in [-0.25, -0.2) is 0 Å². The van der Waals surface area contributed by atoms with Gasteiger partial charge in [0.1, 0.15) is 0 Å². The van der Waals surface area contributed by atoms with Crippen LogP contribution < -0.4 is 10.6 Å². The van der Waals surface area contributed by atoms with Crippen molar-refractivity contribution in [1.29, 1.82) is 0 Å². The average molecular weight is 339 g/mol. The molecule has 0 atom stereocenters. The third kappa shape index (κ3) is 4.32. The minimum Gasteiger partial charge on any atom is -0.339 e. The van der Waals surface area contributed by atoms with Gasteiger partial charge in [-0.1, -0.05) is 18.2 Å². The van der Waals surface area contributed by atoms with Gasteiger partial charge in [0.15, 0.2) is 5.11 Å². The summed E-state index contributed by atoms with van der Waals surface area (Å²) in [6.45, 7) is 1.73. The number of amides is 1. The zero-order valence-corrected chi connectivity index (χ0v) is 14.3. The summed E-state index contributed by atoms with van der Waals surface area (Å²) in [5.74, 6) is 0.117. The molecule has 0 saturated carbocycles. The first-order valence-corrected chi connectivity index (χ1v) is 8.65. The summed E-state index contributed by atoms with van der Waals surface area (Å²) >= 11 is 5.31. The van der Waals surface area contributed by atoms with E-state index in [0.29, 0.717) is 5.11 Å². The molecule has 0 aliphatic carbocycles. The number of hydrogen-bond acceptors (Lipinski definition) is 2. The highest BCUT2D eigenvalue weighted by Gasteiger charge is 2.17. The first-order chi connectivity index (χ1) is 11.7. The lowest BCUT2D eigenvalue weighted by Crippen LogP contribution is -2.35. The van der Waals surface area contributed by atoms with Crippen molar-refractivity contribution in [2.75, 3.05) is 23.7 Å². The van der Waals surface area contributed by atoms with Gasteiger partial charge < -0.3 is 15.5 Å². The quantitative estimate of drug-likeness (QED) is 0.826. The molecule has 1 saturated heterocycles. The summed E-state index contributed by atoms with van der Waals surface area (Å²) in [6.07, 6.45) is 3.42. The third-order valence-corrected chi connectivity index (χ3v) is 4.27. The Hall–Kier alpha value is -2.40. The Morgan fingerprint density at radius 2 is 1.42 bits per heavy atom. The summed E-state index contributed by atoms with van der Waals surface area (Å²) in [6, 6.07) is 17.2. The van der Waals surface area contributed by atoms with E-state index >= 15 is 0 Å². The smallest absolute Gasteiger partial charge is 0.253 e. The van der Waals surface area contributed by atoms with Crippen molar-refractivity contribution >= 4 is 34.6 Å². The lowest BCUT2D eigenvalue weighted by atomic mass is 10.1. The molecular weight excluding hydrogens is 318 g/mol. The molecule has 0 aromatic heterocycles. The Kier molecular flexibility index (Phi) is 5.43. The second-order valence-corrected chi connectivity index (χ2v) is 6.28. The van der Waals surface area contributed by atoms with Gasteiger partial charge in [-0.05, 0) is 67.9 Å². The SMILES string of the molecule is O=C(c1ccc(NC(=S)Nc2ccccc2)cc1)N1CCCCC1. The second-order valence-electron chi connectivity index (χ2n) is 5.88. The van der Waals surface area contributed by atoms with Crippen LogP contribution in [-0.4, -0.2) is 29.0 Å². The zero-order valence-electron chi connectivity index (χ0n) is 13.5. The lowest BCUT2D eigenvalue weighted by Gasteiger charge is -2.26. The molecule has 0 bridgehead atoms. The highest BCUT2D eigenvalue weighted by atomic mass is 32.1. The number of hydrogen-bond donors (Lipinski definition) is 2. The van der Waals surface area contributed by atoms with Crippen LogP contribution in [0.5, 0.6) is 0 Å². The Morgan fingerprint density at radius 3 is 2.04 bits per heavy atom. The number of thiocarbonyl (C=S) groups is 1. The van der Waals surface area contributed by atoms with Crippen molar-refractivity contribution in [3.63, 3.8) is 0 Å². The maximum Gasteiger partial charge on any atom is 0.253 e. The fourth-order valence-corrected chi connectivity index (χ4v) is 3.03. The van der Waals surface area contributed by atoms with Crippen molar-refractivity contribution in [2.24, 2.45) is 0 Å². The maximum absolute atomic E-state index is 12.4. The average Bonchev–Trinajstić information content (AvgIpc) is 2.63. The highest BCUT2D eigenvalue weighted by molar-refractivity contribution is 7.80. The molecule has 2 N–H and O–H groups in total. The van der Waals surface area contributed by atoms with Crippen LogP contribution in [0.3, 0.4) is 0 Å². The maximum atomic E-state index is 12.4. The van der Waals surface area contributed by atoms with Crippen molar-refractivity contribution < 1.29 is 4.79 Å². The van der Waals surface area contributed by atoms with E-state index < -0.39 is 0 Å². The Balaban J connectivity index is 1.58. The molecular formula is C19H21N3OS. The van der Waals surface area contributed by atoms with Crippen LogP contribution in [0.2, 0.25) is 0 Å². The first kappa shape index (κ1) is 16.5. The van der Waals surface area contributed by atoms with Gasteiger partial charge in [0.2, 0.25) is 0 Å².